The molecule has 0 radical (unpaired) electrons. The normalized spacial score (nSPS) is 25.9. The molecular formula is C12H24O4. The van der Waals surface area contributed by atoms with Crippen molar-refractivity contribution in [3.8, 4) is 0 Å². The summed E-state index contributed by atoms with van der Waals surface area (Å²) < 4.78 is 10.8. The van der Waals surface area contributed by atoms with Gasteiger partial charge in [0.25, 0.3) is 0 Å². The van der Waals surface area contributed by atoms with Gasteiger partial charge in [-0.3, -0.25) is 0 Å². The molecule has 4 nitrogen and oxygen atoms in total. The lowest BCUT2D eigenvalue weighted by Crippen LogP contribution is -2.28. The van der Waals surface area contributed by atoms with E-state index in [1.54, 1.807) is 0 Å². The molecule has 96 valence electrons. The van der Waals surface area contributed by atoms with Gasteiger partial charge in [-0.25, -0.2) is 0 Å². The first-order valence-corrected chi connectivity index (χ1v) is 6.25. The summed E-state index contributed by atoms with van der Waals surface area (Å²) in [5.41, 5.74) is 0. The quantitative estimate of drug-likeness (QED) is 0.608. The van der Waals surface area contributed by atoms with Crippen LogP contribution in [-0.2, 0) is 9.47 Å². The summed E-state index contributed by atoms with van der Waals surface area (Å²) in [5.74, 6) is 1.11. The maximum Gasteiger partial charge on any atom is 0.0697 e. The van der Waals surface area contributed by atoms with Crippen LogP contribution in [0.1, 0.15) is 25.7 Å². The van der Waals surface area contributed by atoms with Crippen molar-refractivity contribution in [1.29, 1.82) is 0 Å². The van der Waals surface area contributed by atoms with Crippen molar-refractivity contribution in [2.45, 2.75) is 25.7 Å². The Morgan fingerprint density at radius 1 is 0.812 bits per heavy atom. The van der Waals surface area contributed by atoms with Gasteiger partial charge in [-0.2, -0.15) is 0 Å². The van der Waals surface area contributed by atoms with Gasteiger partial charge in [-0.1, -0.05) is 12.8 Å². The highest BCUT2D eigenvalue weighted by molar-refractivity contribution is 4.75. The molecular weight excluding hydrogens is 208 g/mol. The van der Waals surface area contributed by atoms with Crippen LogP contribution in [0, 0.1) is 11.8 Å². The molecule has 1 aliphatic carbocycles. The van der Waals surface area contributed by atoms with E-state index >= 15 is 0 Å². The van der Waals surface area contributed by atoms with Gasteiger partial charge in [0.2, 0.25) is 0 Å². The average Bonchev–Trinajstić information content (AvgIpc) is 2.32. The molecule has 1 aliphatic rings. The lowest BCUT2D eigenvalue weighted by Gasteiger charge is -2.31. The summed E-state index contributed by atoms with van der Waals surface area (Å²) in [6.45, 7) is 2.51. The highest BCUT2D eigenvalue weighted by Crippen LogP contribution is 2.30. The molecule has 0 aliphatic heterocycles. The third kappa shape index (κ3) is 5.25. The Kier molecular flexibility index (Phi) is 7.76. The lowest BCUT2D eigenvalue weighted by molar-refractivity contribution is -0.000979. The van der Waals surface area contributed by atoms with E-state index in [0.717, 1.165) is 13.2 Å². The van der Waals surface area contributed by atoms with Crippen molar-refractivity contribution in [3.05, 3.63) is 0 Å². The zero-order valence-electron chi connectivity index (χ0n) is 9.94. The topological polar surface area (TPSA) is 58.9 Å². The average molecular weight is 232 g/mol. The van der Waals surface area contributed by atoms with E-state index in [9.17, 15) is 0 Å². The molecule has 1 rings (SSSR count). The van der Waals surface area contributed by atoms with Crippen LogP contribution in [0.2, 0.25) is 0 Å². The molecule has 0 aromatic rings. The maximum absolute atomic E-state index is 8.66. The third-order valence-electron chi connectivity index (χ3n) is 3.20. The minimum atomic E-state index is 0.0956. The first-order valence-electron chi connectivity index (χ1n) is 6.25. The number of hydrogen-bond donors (Lipinski definition) is 2. The molecule has 2 unspecified atom stereocenters. The standard InChI is InChI=1S/C12H24O4/c13-5-7-15-9-11-3-1-2-4-12(11)10-16-8-6-14/h11-14H,1-10H2. The van der Waals surface area contributed by atoms with Gasteiger partial charge >= 0.3 is 0 Å². The Hall–Kier alpha value is -0.160. The molecule has 0 aromatic heterocycles. The minimum absolute atomic E-state index is 0.0956. The molecule has 1 fully saturated rings. The number of rotatable bonds is 8. The highest BCUT2D eigenvalue weighted by Gasteiger charge is 2.25. The van der Waals surface area contributed by atoms with Crippen molar-refractivity contribution < 1.29 is 19.7 Å². The summed E-state index contributed by atoms with van der Waals surface area (Å²) >= 11 is 0. The number of ether oxygens (including phenoxy) is 2. The molecule has 0 saturated heterocycles. The molecule has 1 saturated carbocycles. The summed E-state index contributed by atoms with van der Waals surface area (Å²) in [5, 5.41) is 17.3. The third-order valence-corrected chi connectivity index (χ3v) is 3.20. The molecule has 4 heteroatoms. The van der Waals surface area contributed by atoms with Gasteiger partial charge in [-0.15, -0.1) is 0 Å². The van der Waals surface area contributed by atoms with Gasteiger partial charge < -0.3 is 19.7 Å². The fraction of sp³-hybridized carbons (Fsp3) is 1.00. The van der Waals surface area contributed by atoms with Crippen molar-refractivity contribution in [3.63, 3.8) is 0 Å². The zero-order chi connectivity index (χ0) is 11.6. The Morgan fingerprint density at radius 2 is 1.25 bits per heavy atom. The molecule has 16 heavy (non-hydrogen) atoms. The molecule has 0 heterocycles. The molecule has 0 bridgehead atoms. The molecule has 2 atom stereocenters. The Balaban J connectivity index is 2.20. The molecule has 0 amide bonds. The van der Waals surface area contributed by atoms with Gasteiger partial charge in [0, 0.05) is 13.2 Å². The Bertz CT molecular complexity index is 145. The van der Waals surface area contributed by atoms with E-state index in [4.69, 9.17) is 19.7 Å². The first-order chi connectivity index (χ1) is 7.88. The number of hydrogen-bond acceptors (Lipinski definition) is 4. The van der Waals surface area contributed by atoms with E-state index in [1.807, 2.05) is 0 Å². The van der Waals surface area contributed by atoms with Crippen LogP contribution in [0.4, 0.5) is 0 Å². The van der Waals surface area contributed by atoms with Crippen molar-refractivity contribution >= 4 is 0 Å². The fourth-order valence-electron chi connectivity index (χ4n) is 2.32. The summed E-state index contributed by atoms with van der Waals surface area (Å²) in [6.07, 6.45) is 4.92. The van der Waals surface area contributed by atoms with Crippen LogP contribution in [-0.4, -0.2) is 49.9 Å². The van der Waals surface area contributed by atoms with Crippen LogP contribution >= 0.6 is 0 Å². The van der Waals surface area contributed by atoms with Crippen LogP contribution in [0.3, 0.4) is 0 Å². The fourth-order valence-corrected chi connectivity index (χ4v) is 2.32. The predicted molar refractivity (Wildman–Crippen MR) is 61.3 cm³/mol. The van der Waals surface area contributed by atoms with E-state index in [1.165, 1.54) is 25.7 Å². The van der Waals surface area contributed by atoms with E-state index in [-0.39, 0.29) is 13.2 Å². The van der Waals surface area contributed by atoms with Crippen molar-refractivity contribution in [2.24, 2.45) is 11.8 Å². The first kappa shape index (κ1) is 13.9. The zero-order valence-corrected chi connectivity index (χ0v) is 9.94. The Morgan fingerprint density at radius 3 is 1.62 bits per heavy atom. The number of aliphatic hydroxyl groups excluding tert-OH is 2. The second-order valence-electron chi connectivity index (χ2n) is 4.40. The lowest BCUT2D eigenvalue weighted by atomic mass is 9.80. The van der Waals surface area contributed by atoms with Crippen LogP contribution < -0.4 is 0 Å². The maximum atomic E-state index is 8.66. The van der Waals surface area contributed by atoms with Crippen LogP contribution in [0.25, 0.3) is 0 Å². The van der Waals surface area contributed by atoms with E-state index in [0.29, 0.717) is 25.0 Å². The number of aliphatic hydroxyl groups is 2. The smallest absolute Gasteiger partial charge is 0.0697 e. The molecule has 0 spiro atoms. The van der Waals surface area contributed by atoms with Gasteiger partial charge in [0.15, 0.2) is 0 Å². The van der Waals surface area contributed by atoms with Crippen LogP contribution in [0.5, 0.6) is 0 Å². The summed E-state index contributed by atoms with van der Waals surface area (Å²) in [4.78, 5) is 0. The second kappa shape index (κ2) is 8.93. The van der Waals surface area contributed by atoms with Crippen molar-refractivity contribution in [2.75, 3.05) is 39.6 Å². The SMILES string of the molecule is OCCOCC1CCCCC1COCCO. The highest BCUT2D eigenvalue weighted by atomic mass is 16.5. The van der Waals surface area contributed by atoms with Gasteiger partial charge in [-0.05, 0) is 24.7 Å². The van der Waals surface area contributed by atoms with E-state index in [2.05, 4.69) is 0 Å². The van der Waals surface area contributed by atoms with Crippen LogP contribution in [0.15, 0.2) is 0 Å². The van der Waals surface area contributed by atoms with Gasteiger partial charge in [0.1, 0.15) is 0 Å². The molecule has 2 N–H and O–H groups in total. The van der Waals surface area contributed by atoms with E-state index < -0.39 is 0 Å². The second-order valence-corrected chi connectivity index (χ2v) is 4.40. The monoisotopic (exact) mass is 232 g/mol. The minimum Gasteiger partial charge on any atom is -0.394 e. The largest absolute Gasteiger partial charge is 0.394 e. The van der Waals surface area contributed by atoms with Crippen molar-refractivity contribution in [1.82, 2.24) is 0 Å². The molecule has 0 aromatic carbocycles. The summed E-state index contributed by atoms with van der Waals surface area (Å²) in [6, 6.07) is 0. The van der Waals surface area contributed by atoms with Gasteiger partial charge in [0.05, 0.1) is 26.4 Å². The Labute approximate surface area is 97.6 Å². The predicted octanol–water partition coefficient (Wildman–Crippen LogP) is 0.811. The summed E-state index contributed by atoms with van der Waals surface area (Å²) in [7, 11) is 0.